The molecule has 1 N–H and O–H groups in total. The summed E-state index contributed by atoms with van der Waals surface area (Å²) in [6, 6.07) is 0. The summed E-state index contributed by atoms with van der Waals surface area (Å²) in [5, 5.41) is 2.93. The second-order valence-electron chi connectivity index (χ2n) is 19.5. The third-order valence-electron chi connectivity index (χ3n) is 13.1. The van der Waals surface area contributed by atoms with Gasteiger partial charge in [-0.05, 0) is 65.7 Å². The second-order valence-corrected chi connectivity index (χ2v) is 19.5. The molecule has 7 heteroatoms. The zero-order valence-electron chi connectivity index (χ0n) is 42.4. The van der Waals surface area contributed by atoms with Crippen molar-refractivity contribution in [2.24, 2.45) is 0 Å². The zero-order valence-corrected chi connectivity index (χ0v) is 42.4. The van der Waals surface area contributed by atoms with Crippen molar-refractivity contribution in [3.8, 4) is 0 Å². The Hall–Kier alpha value is -0.890. The molecule has 0 aliphatic carbocycles. The van der Waals surface area contributed by atoms with Gasteiger partial charge in [0.2, 0.25) is 0 Å². The van der Waals surface area contributed by atoms with Gasteiger partial charge in [0.25, 0.3) is 0 Å². The van der Waals surface area contributed by atoms with E-state index in [1.54, 1.807) is 7.11 Å². The van der Waals surface area contributed by atoms with Gasteiger partial charge in [-0.1, -0.05) is 213 Å². The first-order valence-electron chi connectivity index (χ1n) is 27.0. The topological polar surface area (TPSA) is 75.3 Å². The first-order valence-corrected chi connectivity index (χ1v) is 27.0. The number of hydrogen-bond donors (Lipinski definition) is 1. The van der Waals surface area contributed by atoms with Crippen LogP contribution in [0.5, 0.6) is 0 Å². The van der Waals surface area contributed by atoms with Crippen LogP contribution in [0.4, 0.5) is 4.79 Å². The molecule has 0 spiro atoms. The van der Waals surface area contributed by atoms with Crippen LogP contribution in [0.15, 0.2) is 0 Å². The highest BCUT2D eigenvalue weighted by atomic mass is 16.6. The van der Waals surface area contributed by atoms with Gasteiger partial charge in [-0.3, -0.25) is 0 Å². The van der Waals surface area contributed by atoms with E-state index >= 15 is 0 Å². The summed E-state index contributed by atoms with van der Waals surface area (Å²) >= 11 is 0. The Bertz CT molecular complexity index is 886. The fraction of sp³-hybridized carbons (Fsp3) is 0.981. The van der Waals surface area contributed by atoms with E-state index in [1.807, 2.05) is 0 Å². The third kappa shape index (κ3) is 44.1. The van der Waals surface area contributed by atoms with E-state index in [0.717, 1.165) is 58.2 Å². The van der Waals surface area contributed by atoms with E-state index in [1.165, 1.54) is 193 Å². The molecule has 0 bridgehead atoms. The second kappa shape index (κ2) is 45.7. The number of hydrogen-bond acceptors (Lipinski definition) is 6. The number of methoxy groups -OCH3 is 1. The minimum absolute atomic E-state index is 0.0505. The van der Waals surface area contributed by atoms with Crippen molar-refractivity contribution < 1.29 is 28.5 Å². The van der Waals surface area contributed by atoms with Crippen molar-refractivity contribution >= 4 is 6.09 Å². The van der Waals surface area contributed by atoms with Gasteiger partial charge in [0.1, 0.15) is 0 Å². The number of carbonyl (C=O) groups is 1. The third-order valence-corrected chi connectivity index (χ3v) is 13.1. The lowest BCUT2D eigenvalue weighted by Gasteiger charge is -2.31. The Balaban J connectivity index is 4.28. The van der Waals surface area contributed by atoms with Crippen LogP contribution < -0.4 is 5.32 Å². The van der Waals surface area contributed by atoms with Crippen LogP contribution in [0.25, 0.3) is 0 Å². The Kier molecular flexibility index (Phi) is 45.0. The van der Waals surface area contributed by atoms with E-state index in [-0.39, 0.29) is 23.4 Å². The number of alkyl carbamates (subject to hydrolysis) is 1. The highest BCUT2D eigenvalue weighted by molar-refractivity contribution is 5.67. The van der Waals surface area contributed by atoms with Crippen molar-refractivity contribution in [1.82, 2.24) is 5.32 Å². The number of nitrogens with one attached hydrogen (secondary N) is 1. The largest absolute Gasteiger partial charge is 0.450 e. The summed E-state index contributed by atoms with van der Waals surface area (Å²) in [7, 11) is 1.74. The maximum absolute atomic E-state index is 12.5. The highest BCUT2D eigenvalue weighted by Gasteiger charge is 2.25. The Morgan fingerprint density at radius 1 is 0.492 bits per heavy atom. The smallest absolute Gasteiger partial charge is 0.407 e. The summed E-state index contributed by atoms with van der Waals surface area (Å²) in [5.41, 5.74) is -0.496. The minimum atomic E-state index is -0.357. The number of ether oxygens (including phenoxy) is 5. The molecule has 0 aromatic carbocycles. The molecule has 0 aliphatic rings. The summed E-state index contributed by atoms with van der Waals surface area (Å²) < 4.78 is 29.8. The number of rotatable bonds is 50. The van der Waals surface area contributed by atoms with Crippen molar-refractivity contribution in [3.63, 3.8) is 0 Å². The van der Waals surface area contributed by atoms with Crippen LogP contribution in [0.1, 0.15) is 279 Å². The van der Waals surface area contributed by atoms with Gasteiger partial charge in [0.15, 0.2) is 0 Å². The summed E-state index contributed by atoms with van der Waals surface area (Å²) in [4.78, 5) is 12.5. The van der Waals surface area contributed by atoms with Gasteiger partial charge in [-0.15, -0.1) is 0 Å². The molecule has 2 atom stereocenters. The predicted octanol–water partition coefficient (Wildman–Crippen LogP) is 16.8. The lowest BCUT2D eigenvalue weighted by molar-refractivity contribution is -0.0710. The van der Waals surface area contributed by atoms with E-state index in [4.69, 9.17) is 23.7 Å². The molecule has 0 aromatic rings. The average molecular weight is 868 g/mol. The normalized spacial score (nSPS) is 13.4. The summed E-state index contributed by atoms with van der Waals surface area (Å²) in [5.74, 6) is 0. The van der Waals surface area contributed by atoms with Gasteiger partial charge in [-0.25, -0.2) is 4.79 Å². The zero-order chi connectivity index (χ0) is 44.8. The molecule has 0 saturated carbocycles. The quantitative estimate of drug-likeness (QED) is 0.0614. The van der Waals surface area contributed by atoms with Crippen LogP contribution in [0.2, 0.25) is 0 Å². The molecule has 61 heavy (non-hydrogen) atoms. The monoisotopic (exact) mass is 868 g/mol. The summed E-state index contributed by atoms with van der Waals surface area (Å²) in [6.45, 7) is 16.7. The van der Waals surface area contributed by atoms with Crippen LogP contribution in [0, 0.1) is 0 Å². The molecule has 0 fully saturated rings. The standard InChI is InChI=1S/C54H109NO6/c1-8-11-13-15-17-19-21-23-25-27-29-31-33-35-37-39-46-58-50-51(59-47-40-38-36-34-32-30-28-26-24-22-20-18-16-14-12-9-2)42-41-48-60-52(56)55-45-43-54(6,10-3)61-49-44-53(4,5)57-7/h51H,8-50H2,1-7H3,(H,55,56)/t51-,54+/m1/s1. The first-order chi connectivity index (χ1) is 29.7. The molecule has 0 heterocycles. The van der Waals surface area contributed by atoms with Crippen molar-refractivity contribution in [3.05, 3.63) is 0 Å². The minimum Gasteiger partial charge on any atom is -0.450 e. The van der Waals surface area contributed by atoms with Gasteiger partial charge in [0, 0.05) is 26.9 Å². The Morgan fingerprint density at radius 2 is 0.902 bits per heavy atom. The molecule has 0 aromatic heterocycles. The SMILES string of the molecule is CCCCCCCCCCCCCCCCCCOC[C@@H](CCCOC(=O)NCC[C@](C)(CC)OCCC(C)(C)OC)OCCCCCCCCCCCCCCCCCC. The molecule has 0 unspecified atom stereocenters. The fourth-order valence-corrected chi connectivity index (χ4v) is 8.03. The Morgan fingerprint density at radius 3 is 1.31 bits per heavy atom. The first kappa shape index (κ1) is 60.1. The van der Waals surface area contributed by atoms with Gasteiger partial charge in [0.05, 0.1) is 37.1 Å². The maximum Gasteiger partial charge on any atom is 0.407 e. The van der Waals surface area contributed by atoms with E-state index in [2.05, 4.69) is 46.9 Å². The van der Waals surface area contributed by atoms with Gasteiger partial charge in [-0.2, -0.15) is 0 Å². The van der Waals surface area contributed by atoms with Crippen LogP contribution >= 0.6 is 0 Å². The van der Waals surface area contributed by atoms with Gasteiger partial charge >= 0.3 is 6.09 Å². The van der Waals surface area contributed by atoms with Crippen molar-refractivity contribution in [1.29, 1.82) is 0 Å². The number of amides is 1. The molecular formula is C54H109NO6. The number of carbonyl (C=O) groups excluding carboxylic acids is 1. The van der Waals surface area contributed by atoms with E-state index < -0.39 is 0 Å². The maximum atomic E-state index is 12.5. The van der Waals surface area contributed by atoms with Gasteiger partial charge < -0.3 is 29.0 Å². The van der Waals surface area contributed by atoms with Crippen molar-refractivity contribution in [2.45, 2.75) is 296 Å². The molecule has 0 aliphatic heterocycles. The Labute approximate surface area is 381 Å². The highest BCUT2D eigenvalue weighted by Crippen LogP contribution is 2.22. The fourth-order valence-electron chi connectivity index (χ4n) is 8.03. The molecule has 7 nitrogen and oxygen atoms in total. The van der Waals surface area contributed by atoms with E-state index in [0.29, 0.717) is 26.4 Å². The molecule has 366 valence electrons. The lowest BCUT2D eigenvalue weighted by atomic mass is 9.98. The average Bonchev–Trinajstić information content (AvgIpc) is 3.25. The lowest BCUT2D eigenvalue weighted by Crippen LogP contribution is -2.36. The molecule has 0 saturated heterocycles. The van der Waals surface area contributed by atoms with Crippen molar-refractivity contribution in [2.75, 3.05) is 46.7 Å². The summed E-state index contributed by atoms with van der Waals surface area (Å²) in [6.07, 6.45) is 47.8. The van der Waals surface area contributed by atoms with Crippen LogP contribution in [-0.4, -0.2) is 70.1 Å². The molecule has 0 rings (SSSR count). The van der Waals surface area contributed by atoms with Crippen LogP contribution in [-0.2, 0) is 23.7 Å². The van der Waals surface area contributed by atoms with E-state index in [9.17, 15) is 4.79 Å². The molecule has 0 radical (unpaired) electrons. The molecular weight excluding hydrogens is 759 g/mol. The number of unbranched alkanes of at least 4 members (excludes halogenated alkanes) is 30. The predicted molar refractivity (Wildman–Crippen MR) is 263 cm³/mol. The molecule has 1 amide bonds. The van der Waals surface area contributed by atoms with Crippen LogP contribution in [0.3, 0.4) is 0 Å².